The molecule has 1 saturated heterocycles. The van der Waals surface area contributed by atoms with Crippen molar-refractivity contribution in [1.82, 2.24) is 52.8 Å². The average Bonchev–Trinajstić information content (AvgIpc) is 1.79. The van der Waals surface area contributed by atoms with E-state index >= 15 is 0 Å². The lowest BCUT2D eigenvalue weighted by molar-refractivity contribution is -0.143. The zero-order chi connectivity index (χ0) is 76.1. The molecular formula is C72H110N12O19. The molecule has 12 atom stereocenters. The Bertz CT molecular complexity index is 3150. The average molecular weight is 1450 g/mol. The fourth-order valence-corrected chi connectivity index (χ4v) is 12.0. The molecule has 2 aromatic rings. The first-order chi connectivity index (χ1) is 49.0. The van der Waals surface area contributed by atoms with E-state index in [1.165, 1.54) is 100 Å². The fraction of sp³-hybridized carbons (Fsp3) is 0.639. The molecule has 31 heteroatoms. The number of ether oxygens (including phenoxy) is 1. The number of aromatic hydroxyl groups is 1. The Morgan fingerprint density at radius 3 is 1.72 bits per heavy atom. The molecule has 0 unspecified atom stereocenters. The summed E-state index contributed by atoms with van der Waals surface area (Å²) in [4.78, 5) is 194. The third-order valence-electron chi connectivity index (χ3n) is 18.3. The number of fused-ring (bicyclic) bond motifs is 23. The van der Waals surface area contributed by atoms with E-state index in [0.717, 1.165) is 43.9 Å². The number of phenolic OH excluding ortho intramolecular Hbond substituents is 1. The van der Waals surface area contributed by atoms with Crippen molar-refractivity contribution in [2.75, 3.05) is 13.1 Å². The van der Waals surface area contributed by atoms with Gasteiger partial charge in [-0.2, -0.15) is 0 Å². The van der Waals surface area contributed by atoms with Gasteiger partial charge in [0.2, 0.25) is 65.0 Å². The maximum atomic E-state index is 14.8. The highest BCUT2D eigenvalue weighted by molar-refractivity contribution is 5.99. The highest BCUT2D eigenvalue weighted by Gasteiger charge is 2.41. The van der Waals surface area contributed by atoms with Crippen LogP contribution in [0.3, 0.4) is 0 Å². The summed E-state index contributed by atoms with van der Waals surface area (Å²) < 4.78 is 5.83. The lowest BCUT2D eigenvalue weighted by atomic mass is 9.97. The van der Waals surface area contributed by atoms with Crippen LogP contribution in [0.4, 0.5) is 0 Å². The van der Waals surface area contributed by atoms with Crippen LogP contribution in [0.15, 0.2) is 48.5 Å². The van der Waals surface area contributed by atoms with Gasteiger partial charge in [0, 0.05) is 45.1 Å². The molecule has 1 fully saturated rings. The van der Waals surface area contributed by atoms with Crippen LogP contribution in [0, 0.1) is 5.92 Å². The van der Waals surface area contributed by atoms with Crippen molar-refractivity contribution in [3.05, 3.63) is 59.7 Å². The van der Waals surface area contributed by atoms with Crippen LogP contribution in [0.2, 0.25) is 0 Å². The number of esters is 1. The number of phenols is 1. The number of hydrogen-bond acceptors (Lipinski definition) is 18. The Kier molecular flexibility index (Phi) is 38.2. The van der Waals surface area contributed by atoms with Gasteiger partial charge in [-0.15, -0.1) is 0 Å². The van der Waals surface area contributed by atoms with Crippen LogP contribution in [-0.2, 0) is 80.0 Å². The van der Waals surface area contributed by atoms with Gasteiger partial charge in [0.1, 0.15) is 71.9 Å². The number of nitrogens with one attached hydrogen (secondary N) is 9. The number of carbonyl (C=O) groups is 14. The topological polar surface area (TPSA) is 493 Å². The predicted octanol–water partition coefficient (Wildman–Crippen LogP) is 2.11. The van der Waals surface area contributed by atoms with E-state index in [4.69, 9.17) is 16.2 Å². The third-order valence-corrected chi connectivity index (χ3v) is 18.3. The number of aliphatic hydroxyl groups is 1. The lowest BCUT2D eigenvalue weighted by Gasteiger charge is -2.30. The van der Waals surface area contributed by atoms with Gasteiger partial charge in [-0.1, -0.05) is 129 Å². The molecule has 3 heterocycles. The minimum absolute atomic E-state index is 0.00766. The van der Waals surface area contributed by atoms with Crippen molar-refractivity contribution >= 4 is 82.9 Å². The van der Waals surface area contributed by atoms with E-state index in [1.807, 2.05) is 0 Å². The monoisotopic (exact) mass is 1450 g/mol. The predicted molar refractivity (Wildman–Crippen MR) is 377 cm³/mol. The Hall–Kier alpha value is -9.26. The Labute approximate surface area is 601 Å². The second-order valence-corrected chi connectivity index (χ2v) is 26.9. The molecule has 31 nitrogen and oxygen atoms in total. The highest BCUT2D eigenvalue weighted by Crippen LogP contribution is 2.23. The third kappa shape index (κ3) is 31.1. The number of benzene rings is 2. The van der Waals surface area contributed by atoms with Gasteiger partial charge in [0.05, 0.1) is 6.10 Å². The molecule has 0 aromatic heterocycles. The number of aliphatic carboxylic acids is 2. The number of hydrogen-bond donors (Lipinski definition) is 15. The molecule has 11 amide bonds. The molecular weight excluding hydrogens is 1340 g/mol. The van der Waals surface area contributed by atoms with E-state index < -0.39 is 187 Å². The van der Waals surface area contributed by atoms with Gasteiger partial charge >= 0.3 is 17.9 Å². The molecule has 3 aliphatic heterocycles. The van der Waals surface area contributed by atoms with E-state index in [9.17, 15) is 87.5 Å². The van der Waals surface area contributed by atoms with Gasteiger partial charge < -0.3 is 89.4 Å². The highest BCUT2D eigenvalue weighted by atomic mass is 16.5. The minimum atomic E-state index is -1.96. The van der Waals surface area contributed by atoms with Crippen molar-refractivity contribution in [3.8, 4) is 11.5 Å². The number of rotatable bonds is 36. The van der Waals surface area contributed by atoms with E-state index in [0.29, 0.717) is 18.4 Å². The van der Waals surface area contributed by atoms with Crippen molar-refractivity contribution < 1.29 is 92.3 Å². The maximum absolute atomic E-state index is 14.8. The molecule has 0 saturated carbocycles. The quantitative estimate of drug-likeness (QED) is 0.0201. The summed E-state index contributed by atoms with van der Waals surface area (Å²) in [5, 5.41) is 63.5. The molecule has 3 aliphatic rings. The molecule has 0 spiro atoms. The standard InChI is InChI=1S/C72H110N12O19/c1-6-8-9-10-11-12-13-14-15-16-17-18-19-24-58(88)76-51(34-37-59(89)90)65(95)77-50(22-20-39-73)64(94)80-55-42-47-27-31-49(32-28-47)103-72(102)61(43(3)7-2)82-67(97)54(41-46-25-29-48(86)30-26-46)81-66(96)52(33-36-57(74)87)78-69(99)56-23-21-40-84(56)71(101)44(4)75-63(93)53(35-38-60(91)92)79-70(100)62(45(5)85)83-68(55)98/h25-32,43-45,50-56,61-62,85-86H,6-24,33-42,73H2,1-5H3,(H2,74,87)(H,75,93)(H,76,88)(H,77,95)(H,78,99)(H,79,100)(H,80,94)(H,81,96)(H,82,97)(H,83,98)(H,89,90)(H,91,92)/t43-,44-,45-,50+,51-,52-,53+,54+,55+,56-,61+,62+/m1/s1. The van der Waals surface area contributed by atoms with Gasteiger partial charge in [-0.25, -0.2) is 4.79 Å². The second-order valence-electron chi connectivity index (χ2n) is 26.9. The number of unbranched alkanes of at least 4 members (excludes halogenated alkanes) is 12. The summed E-state index contributed by atoms with van der Waals surface area (Å²) in [6.07, 6.45) is 9.10. The van der Waals surface area contributed by atoms with Crippen LogP contribution >= 0.6 is 0 Å². The molecule has 103 heavy (non-hydrogen) atoms. The molecule has 17 N–H and O–H groups in total. The number of primary amides is 1. The normalized spacial score (nSPS) is 21.7. The zero-order valence-corrected chi connectivity index (χ0v) is 60.1. The number of carboxylic acids is 2. The van der Waals surface area contributed by atoms with E-state index in [1.54, 1.807) is 13.8 Å². The van der Waals surface area contributed by atoms with Crippen LogP contribution in [-0.4, -0.2) is 188 Å². The van der Waals surface area contributed by atoms with Crippen LogP contribution in [0.1, 0.15) is 206 Å². The van der Waals surface area contributed by atoms with Crippen molar-refractivity contribution in [2.45, 2.75) is 275 Å². The Balaban J connectivity index is 1.74. The smallest absolute Gasteiger partial charge is 0.334 e. The van der Waals surface area contributed by atoms with E-state index in [2.05, 4.69) is 54.8 Å². The first kappa shape index (κ1) is 86.1. The Morgan fingerprint density at radius 1 is 0.602 bits per heavy atom. The minimum Gasteiger partial charge on any atom is -0.508 e. The maximum Gasteiger partial charge on any atom is 0.334 e. The largest absolute Gasteiger partial charge is 0.508 e. The van der Waals surface area contributed by atoms with Gasteiger partial charge in [0.15, 0.2) is 0 Å². The first-order valence-corrected chi connectivity index (χ1v) is 36.3. The van der Waals surface area contributed by atoms with E-state index in [-0.39, 0.29) is 81.5 Å². The first-order valence-electron chi connectivity index (χ1n) is 36.3. The number of amides is 11. The number of nitrogens with two attached hydrogens (primary N) is 2. The molecule has 5 rings (SSSR count). The second kappa shape index (κ2) is 45.7. The Morgan fingerprint density at radius 2 is 1.15 bits per heavy atom. The SMILES string of the molecule is CCCCCCCCCCCCCCCC(=O)N[C@H](CCC(=O)O)C(=O)N[C@@H](CCCN)C(=O)N[C@H]1Cc2ccc(cc2)OC(=O)[C@H]([C@H](C)CC)NC(=O)[C@H](Cc2ccc(O)cc2)NC(=O)[C@@H](CCC(N)=O)NC(=O)[C@H]2CCCN2C(=O)[C@@H](C)NC(=O)[C@H](CCC(=O)O)NC(=O)[C@H]([C@@H](C)O)NC1=O. The van der Waals surface area contributed by atoms with Crippen molar-refractivity contribution in [2.24, 2.45) is 17.4 Å². The summed E-state index contributed by atoms with van der Waals surface area (Å²) >= 11 is 0. The van der Waals surface area contributed by atoms with Gasteiger partial charge in [0.25, 0.3) is 0 Å². The number of aliphatic hydroxyl groups excluding tert-OH is 1. The molecule has 0 aliphatic carbocycles. The fourth-order valence-electron chi connectivity index (χ4n) is 12.0. The zero-order valence-electron chi connectivity index (χ0n) is 60.1. The van der Waals surface area contributed by atoms with Crippen LogP contribution < -0.4 is 64.1 Å². The van der Waals surface area contributed by atoms with Crippen LogP contribution in [0.5, 0.6) is 11.5 Å². The molecule has 572 valence electrons. The summed E-state index contributed by atoms with van der Waals surface area (Å²) in [6.45, 7) is 7.92. The molecule has 0 radical (unpaired) electrons. The summed E-state index contributed by atoms with van der Waals surface area (Å²) in [5.41, 5.74) is 12.1. The lowest BCUT2D eigenvalue weighted by Crippen LogP contribution is -2.62. The summed E-state index contributed by atoms with van der Waals surface area (Å²) in [7, 11) is 0. The number of carboxylic acid groups (broad SMARTS) is 2. The number of carbonyl (C=O) groups excluding carboxylic acids is 12. The summed E-state index contributed by atoms with van der Waals surface area (Å²) in [5.74, 6) is -14.8. The van der Waals surface area contributed by atoms with Crippen LogP contribution in [0.25, 0.3) is 0 Å². The van der Waals surface area contributed by atoms with Crippen molar-refractivity contribution in [1.29, 1.82) is 0 Å². The molecule has 2 aromatic carbocycles. The van der Waals surface area contributed by atoms with Gasteiger partial charge in [-0.05, 0) is 113 Å². The molecule has 2 bridgehead atoms. The summed E-state index contributed by atoms with van der Waals surface area (Å²) in [6, 6.07) is -4.50. The number of nitrogens with zero attached hydrogens (tertiary/aromatic N) is 1. The van der Waals surface area contributed by atoms with Crippen molar-refractivity contribution in [3.63, 3.8) is 0 Å². The van der Waals surface area contributed by atoms with Gasteiger partial charge in [-0.3, -0.25) is 62.3 Å².